The molecule has 0 heterocycles. The number of hydrogen-bond acceptors (Lipinski definition) is 0. The maximum absolute atomic E-state index is 2.26. The van der Waals surface area contributed by atoms with Gasteiger partial charge >= 0.3 is 0 Å². The van der Waals surface area contributed by atoms with Crippen LogP contribution in [0.4, 0.5) is 0 Å². The average Bonchev–Trinajstić information content (AvgIpc) is 2.19. The zero-order valence-corrected chi connectivity index (χ0v) is 11.2. The first kappa shape index (κ1) is 16.4. The Balaban J connectivity index is 0. The second-order valence-electron chi connectivity index (χ2n) is 4.57. The smallest absolute Gasteiger partial charge is 0.0474 e. The Hall–Kier alpha value is 0. The van der Waals surface area contributed by atoms with Crippen molar-refractivity contribution in [3.63, 3.8) is 0 Å². The molecule has 0 unspecified atom stereocenters. The van der Waals surface area contributed by atoms with Crippen molar-refractivity contribution in [2.24, 2.45) is 5.92 Å². The Morgan fingerprint density at radius 1 is 0.643 bits per heavy atom. The van der Waals surface area contributed by atoms with Gasteiger partial charge in [0, 0.05) is 0 Å². The highest BCUT2D eigenvalue weighted by Gasteiger charge is 1.85. The van der Waals surface area contributed by atoms with Gasteiger partial charge in [-0.1, -0.05) is 86.0 Å². The van der Waals surface area contributed by atoms with Gasteiger partial charge in [0.2, 0.25) is 0 Å². The molecule has 0 aliphatic carbocycles. The first-order valence-corrected chi connectivity index (χ1v) is 6.68. The van der Waals surface area contributed by atoms with Gasteiger partial charge in [-0.25, -0.2) is 0 Å². The topological polar surface area (TPSA) is 0 Å². The minimum Gasteiger partial charge on any atom is -0.0654 e. The molecule has 0 spiro atoms. The van der Waals surface area contributed by atoms with Gasteiger partial charge in [0.25, 0.3) is 0 Å². The van der Waals surface area contributed by atoms with Crippen LogP contribution in [0.5, 0.6) is 0 Å². The van der Waals surface area contributed by atoms with Gasteiger partial charge in [0.1, 0.15) is 0 Å². The SMILES string of the molecule is CCC(C)C.CCCCCCCCC. The molecule has 0 amide bonds. The third-order valence-corrected chi connectivity index (χ3v) is 2.52. The van der Waals surface area contributed by atoms with Crippen molar-refractivity contribution in [3.8, 4) is 0 Å². The molecule has 0 nitrogen and oxygen atoms in total. The van der Waals surface area contributed by atoms with Gasteiger partial charge in [-0.05, 0) is 5.92 Å². The summed E-state index contributed by atoms with van der Waals surface area (Å²) in [5.41, 5.74) is 0. The molecule has 0 N–H and O–H groups in total. The lowest BCUT2D eigenvalue weighted by Crippen LogP contribution is -1.77. The van der Waals surface area contributed by atoms with Crippen LogP contribution in [-0.4, -0.2) is 0 Å². The Bertz CT molecular complexity index is 68.1. The van der Waals surface area contributed by atoms with Gasteiger partial charge in [0.05, 0.1) is 0 Å². The van der Waals surface area contributed by atoms with Crippen LogP contribution in [0.2, 0.25) is 0 Å². The summed E-state index contributed by atoms with van der Waals surface area (Å²) >= 11 is 0. The zero-order chi connectivity index (χ0) is 11.2. The minimum atomic E-state index is 0.884. The monoisotopic (exact) mass is 200 g/mol. The van der Waals surface area contributed by atoms with E-state index in [0.29, 0.717) is 0 Å². The van der Waals surface area contributed by atoms with Crippen molar-refractivity contribution in [1.82, 2.24) is 0 Å². The molecule has 14 heavy (non-hydrogen) atoms. The number of rotatable bonds is 7. The van der Waals surface area contributed by atoms with Gasteiger partial charge < -0.3 is 0 Å². The van der Waals surface area contributed by atoms with E-state index in [1.54, 1.807) is 0 Å². The fourth-order valence-corrected chi connectivity index (χ4v) is 1.03. The predicted octanol–water partition coefficient (Wildman–Crippen LogP) is 5.81. The fourth-order valence-electron chi connectivity index (χ4n) is 1.03. The maximum atomic E-state index is 2.26. The van der Waals surface area contributed by atoms with Crippen molar-refractivity contribution in [2.75, 3.05) is 0 Å². The number of unbranched alkanes of at least 4 members (excludes halogenated alkanes) is 6. The average molecular weight is 200 g/mol. The summed E-state index contributed by atoms with van der Waals surface area (Å²) < 4.78 is 0. The summed E-state index contributed by atoms with van der Waals surface area (Å²) in [6.45, 7) is 11.2. The molecular weight excluding hydrogens is 168 g/mol. The van der Waals surface area contributed by atoms with Crippen LogP contribution in [0.3, 0.4) is 0 Å². The second-order valence-corrected chi connectivity index (χ2v) is 4.57. The minimum absolute atomic E-state index is 0.884. The van der Waals surface area contributed by atoms with E-state index in [9.17, 15) is 0 Å². The Labute approximate surface area is 92.5 Å². The van der Waals surface area contributed by atoms with Crippen LogP contribution in [-0.2, 0) is 0 Å². The normalized spacial score (nSPS) is 9.86. The highest BCUT2D eigenvalue weighted by atomic mass is 13.9. The molecule has 0 saturated heterocycles. The van der Waals surface area contributed by atoms with E-state index in [1.165, 1.54) is 51.4 Å². The van der Waals surface area contributed by atoms with Crippen LogP contribution < -0.4 is 0 Å². The van der Waals surface area contributed by atoms with Crippen LogP contribution in [0.25, 0.3) is 0 Å². The molecule has 0 aromatic carbocycles. The molecule has 0 atom stereocenters. The fraction of sp³-hybridized carbons (Fsp3) is 1.00. The van der Waals surface area contributed by atoms with Gasteiger partial charge in [-0.15, -0.1) is 0 Å². The third kappa shape index (κ3) is 22.7. The molecule has 0 aromatic rings. The standard InChI is InChI=1S/C9H20.C5H12/c1-3-5-7-9-8-6-4-2;1-4-5(2)3/h3-9H2,1-2H3;5H,4H2,1-3H3. The maximum Gasteiger partial charge on any atom is -0.0474 e. The van der Waals surface area contributed by atoms with Gasteiger partial charge in [-0.2, -0.15) is 0 Å². The van der Waals surface area contributed by atoms with Crippen molar-refractivity contribution in [2.45, 2.75) is 86.0 Å². The molecule has 0 bridgehead atoms. The van der Waals surface area contributed by atoms with Crippen LogP contribution >= 0.6 is 0 Å². The van der Waals surface area contributed by atoms with E-state index in [0.717, 1.165) is 5.92 Å². The van der Waals surface area contributed by atoms with Crippen LogP contribution in [0.1, 0.15) is 86.0 Å². The van der Waals surface area contributed by atoms with Crippen LogP contribution in [0, 0.1) is 5.92 Å². The van der Waals surface area contributed by atoms with Gasteiger partial charge in [-0.3, -0.25) is 0 Å². The largest absolute Gasteiger partial charge is 0.0654 e. The van der Waals surface area contributed by atoms with Crippen molar-refractivity contribution in [1.29, 1.82) is 0 Å². The summed E-state index contributed by atoms with van der Waals surface area (Å²) in [5.74, 6) is 0.884. The van der Waals surface area contributed by atoms with Gasteiger partial charge in [0.15, 0.2) is 0 Å². The molecule has 0 aliphatic heterocycles. The lowest BCUT2D eigenvalue weighted by atomic mass is 10.1. The first-order valence-electron chi connectivity index (χ1n) is 6.68. The summed E-state index contributed by atoms with van der Waals surface area (Å²) in [6, 6.07) is 0. The van der Waals surface area contributed by atoms with E-state index in [2.05, 4.69) is 34.6 Å². The van der Waals surface area contributed by atoms with E-state index >= 15 is 0 Å². The molecule has 0 rings (SSSR count). The summed E-state index contributed by atoms with van der Waals surface area (Å²) in [7, 11) is 0. The molecule has 0 saturated carbocycles. The van der Waals surface area contributed by atoms with E-state index in [-0.39, 0.29) is 0 Å². The number of hydrogen-bond donors (Lipinski definition) is 0. The molecule has 0 aromatic heterocycles. The first-order chi connectivity index (χ1) is 6.68. The molecule has 0 radical (unpaired) electrons. The Morgan fingerprint density at radius 2 is 0.929 bits per heavy atom. The quantitative estimate of drug-likeness (QED) is 0.455. The van der Waals surface area contributed by atoms with E-state index < -0.39 is 0 Å². The lowest BCUT2D eigenvalue weighted by molar-refractivity contribution is 0.602. The van der Waals surface area contributed by atoms with Crippen LogP contribution in [0.15, 0.2) is 0 Å². The molecule has 88 valence electrons. The highest BCUT2D eigenvalue weighted by molar-refractivity contribution is 4.41. The van der Waals surface area contributed by atoms with Crippen molar-refractivity contribution < 1.29 is 0 Å². The van der Waals surface area contributed by atoms with E-state index in [1.807, 2.05) is 0 Å². The third-order valence-electron chi connectivity index (χ3n) is 2.52. The molecule has 0 fully saturated rings. The van der Waals surface area contributed by atoms with Crippen molar-refractivity contribution >= 4 is 0 Å². The summed E-state index contributed by atoms with van der Waals surface area (Å²) in [5, 5.41) is 0. The zero-order valence-electron chi connectivity index (χ0n) is 11.2. The molecular formula is C14H32. The second kappa shape index (κ2) is 15.5. The highest BCUT2D eigenvalue weighted by Crippen LogP contribution is 2.05. The summed E-state index contributed by atoms with van der Waals surface area (Å²) in [6.07, 6.45) is 11.3. The van der Waals surface area contributed by atoms with Crippen molar-refractivity contribution in [3.05, 3.63) is 0 Å². The lowest BCUT2D eigenvalue weighted by Gasteiger charge is -1.96. The summed E-state index contributed by atoms with van der Waals surface area (Å²) in [4.78, 5) is 0. The Morgan fingerprint density at radius 3 is 1.14 bits per heavy atom. The molecule has 0 aliphatic rings. The predicted molar refractivity (Wildman–Crippen MR) is 68.8 cm³/mol. The Kier molecular flexibility index (Phi) is 18.2. The van der Waals surface area contributed by atoms with E-state index in [4.69, 9.17) is 0 Å². The molecule has 0 heteroatoms.